The van der Waals surface area contributed by atoms with Gasteiger partial charge in [0, 0.05) is 5.69 Å². The third-order valence-corrected chi connectivity index (χ3v) is 2.93. The summed E-state index contributed by atoms with van der Waals surface area (Å²) in [5.41, 5.74) is 11.9. The first-order valence-corrected chi connectivity index (χ1v) is 5.66. The minimum Gasteiger partial charge on any atom is -0.399 e. The molecule has 0 fully saturated rings. The van der Waals surface area contributed by atoms with Crippen molar-refractivity contribution in [3.63, 3.8) is 0 Å². The summed E-state index contributed by atoms with van der Waals surface area (Å²) in [6.45, 7) is 4.31. The summed E-state index contributed by atoms with van der Waals surface area (Å²) in [7, 11) is 0. The molecule has 1 nitrogen and oxygen atoms in total. The second kappa shape index (κ2) is 4.40. The van der Waals surface area contributed by atoms with Crippen molar-refractivity contribution in [3.8, 4) is 11.1 Å². The molecule has 0 saturated heterocycles. The third kappa shape index (κ3) is 1.94. The largest absolute Gasteiger partial charge is 0.399 e. The Balaban J connectivity index is 2.64. The van der Waals surface area contributed by atoms with E-state index in [-0.39, 0.29) is 0 Å². The van der Waals surface area contributed by atoms with Crippen molar-refractivity contribution in [1.82, 2.24) is 0 Å². The Bertz CT molecular complexity index is 486. The Kier molecular flexibility index (Phi) is 2.95. The highest BCUT2D eigenvalue weighted by molar-refractivity contribution is 5.72. The lowest BCUT2D eigenvalue weighted by Crippen LogP contribution is -1.95. The van der Waals surface area contributed by atoms with Crippen molar-refractivity contribution < 1.29 is 0 Å². The number of anilines is 1. The zero-order chi connectivity index (χ0) is 11.5. The zero-order valence-electron chi connectivity index (χ0n) is 9.83. The van der Waals surface area contributed by atoms with Gasteiger partial charge in [0.1, 0.15) is 0 Å². The fourth-order valence-electron chi connectivity index (χ4n) is 2.19. The van der Waals surface area contributed by atoms with Crippen LogP contribution in [-0.4, -0.2) is 0 Å². The summed E-state index contributed by atoms with van der Waals surface area (Å²) in [6, 6.07) is 14.5. The van der Waals surface area contributed by atoms with Gasteiger partial charge in [-0.3, -0.25) is 0 Å². The van der Waals surface area contributed by atoms with Crippen molar-refractivity contribution in [2.75, 3.05) is 5.73 Å². The lowest BCUT2D eigenvalue weighted by atomic mass is 9.94. The minimum absolute atomic E-state index is 0.841. The van der Waals surface area contributed by atoms with E-state index < -0.39 is 0 Å². The normalized spacial score (nSPS) is 10.4. The van der Waals surface area contributed by atoms with E-state index in [1.54, 1.807) is 0 Å². The van der Waals surface area contributed by atoms with Gasteiger partial charge in [-0.25, -0.2) is 0 Å². The van der Waals surface area contributed by atoms with Crippen LogP contribution in [0.1, 0.15) is 18.1 Å². The van der Waals surface area contributed by atoms with Crippen molar-refractivity contribution in [2.24, 2.45) is 0 Å². The molecular formula is C15H17N. The fourth-order valence-corrected chi connectivity index (χ4v) is 2.19. The van der Waals surface area contributed by atoms with Crippen LogP contribution >= 0.6 is 0 Å². The molecular weight excluding hydrogens is 194 g/mol. The van der Waals surface area contributed by atoms with E-state index in [0.29, 0.717) is 0 Å². The van der Waals surface area contributed by atoms with Crippen LogP contribution in [0.15, 0.2) is 42.5 Å². The third-order valence-electron chi connectivity index (χ3n) is 2.93. The topological polar surface area (TPSA) is 26.0 Å². The van der Waals surface area contributed by atoms with Crippen LogP contribution in [0.3, 0.4) is 0 Å². The average molecular weight is 211 g/mol. The number of rotatable bonds is 2. The Morgan fingerprint density at radius 2 is 1.75 bits per heavy atom. The molecule has 0 radical (unpaired) electrons. The molecule has 0 aromatic heterocycles. The first kappa shape index (κ1) is 10.7. The van der Waals surface area contributed by atoms with Crippen LogP contribution in [0.2, 0.25) is 0 Å². The lowest BCUT2D eigenvalue weighted by Gasteiger charge is -2.12. The molecule has 2 aromatic carbocycles. The zero-order valence-corrected chi connectivity index (χ0v) is 9.83. The molecule has 0 aliphatic carbocycles. The SMILES string of the molecule is CCc1c(C)cc(N)cc1-c1ccccc1. The summed E-state index contributed by atoms with van der Waals surface area (Å²) in [4.78, 5) is 0. The van der Waals surface area contributed by atoms with Crippen LogP contribution in [0.25, 0.3) is 11.1 Å². The van der Waals surface area contributed by atoms with Gasteiger partial charge in [-0.2, -0.15) is 0 Å². The van der Waals surface area contributed by atoms with Crippen molar-refractivity contribution in [3.05, 3.63) is 53.6 Å². The quantitative estimate of drug-likeness (QED) is 0.751. The number of nitrogens with two attached hydrogens (primary N) is 1. The highest BCUT2D eigenvalue weighted by Crippen LogP contribution is 2.29. The molecule has 16 heavy (non-hydrogen) atoms. The molecule has 2 aromatic rings. The summed E-state index contributed by atoms with van der Waals surface area (Å²) >= 11 is 0. The molecule has 1 heteroatoms. The van der Waals surface area contributed by atoms with Crippen molar-refractivity contribution in [1.29, 1.82) is 0 Å². The average Bonchev–Trinajstić information content (AvgIpc) is 2.29. The Hall–Kier alpha value is -1.76. The Morgan fingerprint density at radius 3 is 2.38 bits per heavy atom. The van der Waals surface area contributed by atoms with E-state index in [2.05, 4.69) is 44.2 Å². The summed E-state index contributed by atoms with van der Waals surface area (Å²) < 4.78 is 0. The van der Waals surface area contributed by atoms with Gasteiger partial charge in [-0.1, -0.05) is 37.3 Å². The maximum atomic E-state index is 5.92. The predicted octanol–water partition coefficient (Wildman–Crippen LogP) is 3.81. The first-order chi connectivity index (χ1) is 7.72. The standard InChI is InChI=1S/C15H17N/c1-3-14-11(2)9-13(16)10-15(14)12-7-5-4-6-8-12/h4-10H,3,16H2,1-2H3. The van der Waals surface area contributed by atoms with Gasteiger partial charge in [0.25, 0.3) is 0 Å². The molecule has 0 saturated carbocycles. The molecule has 0 unspecified atom stereocenters. The molecule has 2 rings (SSSR count). The van der Waals surface area contributed by atoms with Crippen molar-refractivity contribution >= 4 is 5.69 Å². The van der Waals surface area contributed by atoms with Gasteiger partial charge >= 0.3 is 0 Å². The monoisotopic (exact) mass is 211 g/mol. The van der Waals surface area contributed by atoms with Crippen LogP contribution < -0.4 is 5.73 Å². The predicted molar refractivity (Wildman–Crippen MR) is 70.4 cm³/mol. The first-order valence-electron chi connectivity index (χ1n) is 5.66. The lowest BCUT2D eigenvalue weighted by molar-refractivity contribution is 1.11. The van der Waals surface area contributed by atoms with Crippen LogP contribution in [0.4, 0.5) is 5.69 Å². The maximum Gasteiger partial charge on any atom is 0.0323 e. The van der Waals surface area contributed by atoms with E-state index in [4.69, 9.17) is 5.73 Å². The van der Waals surface area contributed by atoms with Gasteiger partial charge < -0.3 is 5.73 Å². The molecule has 0 amide bonds. The summed E-state index contributed by atoms with van der Waals surface area (Å²) in [6.07, 6.45) is 1.04. The number of hydrogen-bond donors (Lipinski definition) is 1. The molecule has 0 atom stereocenters. The number of nitrogen functional groups attached to an aromatic ring is 1. The van der Waals surface area contributed by atoms with E-state index in [1.807, 2.05) is 12.1 Å². The fraction of sp³-hybridized carbons (Fsp3) is 0.200. The van der Waals surface area contributed by atoms with Gasteiger partial charge in [0.2, 0.25) is 0 Å². The van der Waals surface area contributed by atoms with Gasteiger partial charge in [0.05, 0.1) is 0 Å². The molecule has 0 aliphatic rings. The highest BCUT2D eigenvalue weighted by atomic mass is 14.5. The Morgan fingerprint density at radius 1 is 1.06 bits per heavy atom. The van der Waals surface area contributed by atoms with E-state index in [9.17, 15) is 0 Å². The molecule has 82 valence electrons. The van der Waals surface area contributed by atoms with Crippen LogP contribution in [0.5, 0.6) is 0 Å². The van der Waals surface area contributed by atoms with Crippen LogP contribution in [-0.2, 0) is 6.42 Å². The van der Waals surface area contributed by atoms with E-state index >= 15 is 0 Å². The number of aryl methyl sites for hydroxylation is 1. The number of hydrogen-bond acceptors (Lipinski definition) is 1. The molecule has 2 N–H and O–H groups in total. The van der Waals surface area contributed by atoms with Gasteiger partial charge in [-0.15, -0.1) is 0 Å². The molecule has 0 bridgehead atoms. The molecule has 0 heterocycles. The summed E-state index contributed by atoms with van der Waals surface area (Å²) in [5.74, 6) is 0. The Labute approximate surface area is 96.9 Å². The van der Waals surface area contributed by atoms with E-state index in [1.165, 1.54) is 22.3 Å². The smallest absolute Gasteiger partial charge is 0.0323 e. The second-order valence-corrected chi connectivity index (χ2v) is 4.08. The number of benzene rings is 2. The minimum atomic E-state index is 0.841. The van der Waals surface area contributed by atoms with Crippen molar-refractivity contribution in [2.45, 2.75) is 20.3 Å². The summed E-state index contributed by atoms with van der Waals surface area (Å²) in [5, 5.41) is 0. The molecule has 0 aliphatic heterocycles. The van der Waals surface area contributed by atoms with Crippen LogP contribution in [0, 0.1) is 6.92 Å². The van der Waals surface area contributed by atoms with E-state index in [0.717, 1.165) is 12.1 Å². The van der Waals surface area contributed by atoms with Gasteiger partial charge in [-0.05, 0) is 47.7 Å². The van der Waals surface area contributed by atoms with Gasteiger partial charge in [0.15, 0.2) is 0 Å². The highest BCUT2D eigenvalue weighted by Gasteiger charge is 2.07. The second-order valence-electron chi connectivity index (χ2n) is 4.08. The maximum absolute atomic E-state index is 5.92. The molecule has 0 spiro atoms.